The molecule has 0 unspecified atom stereocenters. The molecule has 1 aromatic carbocycles. The van der Waals surface area contributed by atoms with Crippen LogP contribution in [0.1, 0.15) is 39.7 Å². The second kappa shape index (κ2) is 9.45. The minimum Gasteiger partial charge on any atom is -0.487 e. The Morgan fingerprint density at radius 3 is 2.83 bits per heavy atom. The van der Waals surface area contributed by atoms with Crippen molar-refractivity contribution in [3.63, 3.8) is 0 Å². The van der Waals surface area contributed by atoms with Crippen molar-refractivity contribution in [3.05, 3.63) is 70.1 Å². The van der Waals surface area contributed by atoms with Crippen molar-refractivity contribution in [2.24, 2.45) is 0 Å². The Morgan fingerprint density at radius 1 is 1.30 bits per heavy atom. The summed E-state index contributed by atoms with van der Waals surface area (Å²) in [4.78, 5) is 22.2. The SMILES string of the molecule is Cc1nc(COc2cccc(C(=O)N(Cc3ccco3)C3CCN(C)CC3)c2)cs1. The quantitative estimate of drug-likeness (QED) is 0.563. The molecule has 1 aliphatic rings. The zero-order valence-corrected chi connectivity index (χ0v) is 18.2. The molecule has 0 aliphatic carbocycles. The summed E-state index contributed by atoms with van der Waals surface area (Å²) in [6.45, 7) is 4.83. The third-order valence-corrected chi connectivity index (χ3v) is 6.25. The Labute approximate surface area is 181 Å². The maximum absolute atomic E-state index is 13.5. The molecular weight excluding hydrogens is 398 g/mol. The lowest BCUT2D eigenvalue weighted by Gasteiger charge is -2.37. The number of thiazole rings is 1. The zero-order valence-electron chi connectivity index (χ0n) is 17.4. The van der Waals surface area contributed by atoms with Crippen LogP contribution in [0.4, 0.5) is 0 Å². The van der Waals surface area contributed by atoms with Crippen molar-refractivity contribution >= 4 is 17.2 Å². The van der Waals surface area contributed by atoms with E-state index in [9.17, 15) is 4.79 Å². The van der Waals surface area contributed by atoms with Gasteiger partial charge < -0.3 is 19.0 Å². The molecule has 2 aromatic heterocycles. The van der Waals surface area contributed by atoms with Gasteiger partial charge in [0.15, 0.2) is 0 Å². The number of furan rings is 1. The number of piperidine rings is 1. The molecule has 1 fully saturated rings. The number of benzene rings is 1. The van der Waals surface area contributed by atoms with Gasteiger partial charge in [-0.1, -0.05) is 6.07 Å². The number of likely N-dealkylation sites (tertiary alicyclic amines) is 1. The van der Waals surface area contributed by atoms with Gasteiger partial charge in [-0.15, -0.1) is 11.3 Å². The van der Waals surface area contributed by atoms with Crippen molar-refractivity contribution in [1.29, 1.82) is 0 Å². The topological polar surface area (TPSA) is 58.8 Å². The average Bonchev–Trinajstić information content (AvgIpc) is 3.42. The number of hydrogen-bond acceptors (Lipinski definition) is 6. The van der Waals surface area contributed by atoms with E-state index >= 15 is 0 Å². The van der Waals surface area contributed by atoms with Crippen molar-refractivity contribution in [2.75, 3.05) is 20.1 Å². The summed E-state index contributed by atoms with van der Waals surface area (Å²) < 4.78 is 11.4. The fourth-order valence-electron chi connectivity index (χ4n) is 3.76. The summed E-state index contributed by atoms with van der Waals surface area (Å²) in [5.41, 5.74) is 1.53. The summed E-state index contributed by atoms with van der Waals surface area (Å²) in [6, 6.07) is 11.4. The highest BCUT2D eigenvalue weighted by atomic mass is 32.1. The van der Waals surface area contributed by atoms with E-state index in [1.807, 2.05) is 53.6 Å². The predicted molar refractivity (Wildman–Crippen MR) is 117 cm³/mol. The molecule has 0 radical (unpaired) electrons. The van der Waals surface area contributed by atoms with Gasteiger partial charge in [-0.3, -0.25) is 4.79 Å². The van der Waals surface area contributed by atoms with Gasteiger partial charge in [-0.25, -0.2) is 4.98 Å². The molecule has 0 spiro atoms. The van der Waals surface area contributed by atoms with Gasteiger partial charge in [0.25, 0.3) is 5.91 Å². The lowest BCUT2D eigenvalue weighted by Crippen LogP contribution is -2.46. The lowest BCUT2D eigenvalue weighted by atomic mass is 10.0. The smallest absolute Gasteiger partial charge is 0.254 e. The number of aryl methyl sites for hydroxylation is 1. The first-order chi connectivity index (χ1) is 14.6. The van der Waals surface area contributed by atoms with E-state index in [-0.39, 0.29) is 11.9 Å². The Morgan fingerprint density at radius 2 is 2.13 bits per heavy atom. The first-order valence-electron chi connectivity index (χ1n) is 10.2. The molecule has 0 atom stereocenters. The van der Waals surface area contributed by atoms with Gasteiger partial charge >= 0.3 is 0 Å². The standard InChI is InChI=1S/C23H27N3O3S/c1-17-24-19(16-30-17)15-29-21-6-3-5-18(13-21)23(27)26(14-22-7-4-12-28-22)20-8-10-25(2)11-9-20/h3-7,12-13,16,20H,8-11,14-15H2,1-2H3. The third kappa shape index (κ3) is 5.09. The summed E-state index contributed by atoms with van der Waals surface area (Å²) in [5, 5.41) is 3.01. The molecule has 1 amide bonds. The van der Waals surface area contributed by atoms with E-state index in [1.54, 1.807) is 17.6 Å². The van der Waals surface area contributed by atoms with E-state index in [4.69, 9.17) is 9.15 Å². The average molecular weight is 426 g/mol. The number of carbonyl (C=O) groups is 1. The van der Waals surface area contributed by atoms with Crippen molar-refractivity contribution < 1.29 is 13.9 Å². The van der Waals surface area contributed by atoms with Crippen LogP contribution < -0.4 is 4.74 Å². The molecule has 3 heterocycles. The maximum Gasteiger partial charge on any atom is 0.254 e. The number of ether oxygens (including phenoxy) is 1. The van der Waals surface area contributed by atoms with Gasteiger partial charge in [-0.2, -0.15) is 0 Å². The van der Waals surface area contributed by atoms with E-state index in [0.717, 1.165) is 42.4 Å². The molecule has 0 N–H and O–H groups in total. The third-order valence-electron chi connectivity index (χ3n) is 5.43. The Kier molecular flexibility index (Phi) is 6.50. The molecule has 30 heavy (non-hydrogen) atoms. The monoisotopic (exact) mass is 425 g/mol. The molecule has 7 heteroatoms. The highest BCUT2D eigenvalue weighted by Gasteiger charge is 2.28. The van der Waals surface area contributed by atoms with E-state index in [1.165, 1.54) is 0 Å². The van der Waals surface area contributed by atoms with E-state index < -0.39 is 0 Å². The van der Waals surface area contributed by atoms with Crippen LogP contribution in [0.3, 0.4) is 0 Å². The minimum atomic E-state index is 0.0101. The summed E-state index contributed by atoms with van der Waals surface area (Å²) >= 11 is 1.60. The highest BCUT2D eigenvalue weighted by molar-refractivity contribution is 7.09. The van der Waals surface area contributed by atoms with Crippen molar-refractivity contribution in [3.8, 4) is 5.75 Å². The molecular formula is C23H27N3O3S. The fourth-order valence-corrected chi connectivity index (χ4v) is 4.36. The van der Waals surface area contributed by atoms with Crippen LogP contribution in [0.5, 0.6) is 5.75 Å². The number of hydrogen-bond donors (Lipinski definition) is 0. The van der Waals surface area contributed by atoms with Crippen LogP contribution in [0, 0.1) is 6.92 Å². The summed E-state index contributed by atoms with van der Waals surface area (Å²) in [7, 11) is 2.12. The number of nitrogens with zero attached hydrogens (tertiary/aromatic N) is 3. The van der Waals surface area contributed by atoms with Crippen LogP contribution >= 0.6 is 11.3 Å². The fraction of sp³-hybridized carbons (Fsp3) is 0.391. The molecule has 6 nitrogen and oxygen atoms in total. The van der Waals surface area contributed by atoms with E-state index in [0.29, 0.717) is 24.5 Å². The van der Waals surface area contributed by atoms with Gasteiger partial charge in [0.05, 0.1) is 23.5 Å². The van der Waals surface area contributed by atoms with E-state index in [2.05, 4.69) is 16.9 Å². The second-order valence-electron chi connectivity index (χ2n) is 7.72. The van der Waals surface area contributed by atoms with Gasteiger partial charge in [0.2, 0.25) is 0 Å². The van der Waals surface area contributed by atoms with Crippen LogP contribution in [-0.2, 0) is 13.2 Å². The number of aromatic nitrogens is 1. The molecule has 3 aromatic rings. The molecule has 1 saturated heterocycles. The van der Waals surface area contributed by atoms with Crippen molar-refractivity contribution in [2.45, 2.75) is 39.0 Å². The number of rotatable bonds is 7. The van der Waals surface area contributed by atoms with Crippen LogP contribution in [0.25, 0.3) is 0 Å². The summed E-state index contributed by atoms with van der Waals surface area (Å²) in [5.74, 6) is 1.48. The van der Waals surface area contributed by atoms with Gasteiger partial charge in [-0.05, 0) is 70.2 Å². The Balaban J connectivity index is 1.50. The van der Waals surface area contributed by atoms with Crippen LogP contribution in [0.2, 0.25) is 0 Å². The molecule has 0 saturated carbocycles. The molecule has 158 valence electrons. The normalized spacial score (nSPS) is 15.3. The zero-order chi connectivity index (χ0) is 20.9. The Bertz CT molecular complexity index is 962. The maximum atomic E-state index is 13.5. The lowest BCUT2D eigenvalue weighted by molar-refractivity contribution is 0.0550. The van der Waals surface area contributed by atoms with Crippen LogP contribution in [-0.4, -0.2) is 46.9 Å². The van der Waals surface area contributed by atoms with Gasteiger partial charge in [0.1, 0.15) is 18.1 Å². The molecule has 1 aliphatic heterocycles. The van der Waals surface area contributed by atoms with Gasteiger partial charge in [0, 0.05) is 17.0 Å². The van der Waals surface area contributed by atoms with Crippen molar-refractivity contribution in [1.82, 2.24) is 14.8 Å². The molecule has 4 rings (SSSR count). The summed E-state index contributed by atoms with van der Waals surface area (Å²) in [6.07, 6.45) is 3.58. The first-order valence-corrected chi connectivity index (χ1v) is 11.1. The van der Waals surface area contributed by atoms with Crippen LogP contribution in [0.15, 0.2) is 52.5 Å². The Hall–Kier alpha value is -2.64. The minimum absolute atomic E-state index is 0.0101. The highest BCUT2D eigenvalue weighted by Crippen LogP contribution is 2.23. The number of carbonyl (C=O) groups excluding carboxylic acids is 1. The predicted octanol–water partition coefficient (Wildman–Crippen LogP) is 4.36. The number of amides is 1. The second-order valence-corrected chi connectivity index (χ2v) is 8.78. The molecule has 0 bridgehead atoms. The largest absolute Gasteiger partial charge is 0.487 e. The first kappa shape index (κ1) is 20.6.